The first-order valence-corrected chi connectivity index (χ1v) is 14.7. The quantitative estimate of drug-likeness (QED) is 0.287. The lowest BCUT2D eigenvalue weighted by Gasteiger charge is -2.39. The third-order valence-corrected chi connectivity index (χ3v) is 8.70. The summed E-state index contributed by atoms with van der Waals surface area (Å²) < 4.78 is 2.22. The van der Waals surface area contributed by atoms with E-state index in [4.69, 9.17) is 12.2 Å². The van der Waals surface area contributed by atoms with Gasteiger partial charge in [-0.3, -0.25) is 19.1 Å². The number of amides is 1. The topological polar surface area (TPSA) is 72.6 Å². The molecule has 0 bridgehead atoms. The van der Waals surface area contributed by atoms with Crippen LogP contribution >= 0.6 is 24.0 Å². The maximum absolute atomic E-state index is 13.6. The van der Waals surface area contributed by atoms with Crippen molar-refractivity contribution in [3.63, 3.8) is 0 Å². The maximum Gasteiger partial charge on any atom is 0.270 e. The van der Waals surface area contributed by atoms with E-state index in [2.05, 4.69) is 28.0 Å². The minimum Gasteiger partial charge on any atom is -0.368 e. The number of nitriles is 1. The number of anilines is 2. The summed E-state index contributed by atoms with van der Waals surface area (Å²) in [4.78, 5) is 33.7. The molecule has 2 aliphatic rings. The van der Waals surface area contributed by atoms with Crippen molar-refractivity contribution in [2.24, 2.45) is 0 Å². The molecule has 0 N–H and O–H groups in total. The molecular formula is C31H31N5O2S2. The SMILES string of the molecule is CCCn1c(N2CCN(c3ccccc3)CC2)c(/C=C2\SC(=S)N(Cc3ccccc3)C2=O)c(C)c(C#N)c1=O. The lowest BCUT2D eigenvalue weighted by molar-refractivity contribution is -0.122. The summed E-state index contributed by atoms with van der Waals surface area (Å²) in [5, 5.41) is 9.93. The third-order valence-electron chi connectivity index (χ3n) is 7.33. The molecule has 2 aliphatic heterocycles. The molecule has 3 heterocycles. The van der Waals surface area contributed by atoms with Gasteiger partial charge in [0.25, 0.3) is 11.5 Å². The van der Waals surface area contributed by atoms with Crippen LogP contribution in [0.3, 0.4) is 0 Å². The van der Waals surface area contributed by atoms with Crippen LogP contribution in [-0.2, 0) is 17.9 Å². The first-order chi connectivity index (χ1) is 19.4. The monoisotopic (exact) mass is 569 g/mol. The third kappa shape index (κ3) is 5.42. The van der Waals surface area contributed by atoms with Crippen molar-refractivity contribution in [2.75, 3.05) is 36.0 Å². The number of hydrogen-bond donors (Lipinski definition) is 0. The van der Waals surface area contributed by atoms with Gasteiger partial charge in [0, 0.05) is 44.0 Å². The summed E-state index contributed by atoms with van der Waals surface area (Å²) in [6.07, 6.45) is 2.58. The molecule has 0 spiro atoms. The minimum atomic E-state index is -0.281. The van der Waals surface area contributed by atoms with Crippen LogP contribution in [0, 0.1) is 18.3 Å². The number of nitrogens with zero attached hydrogens (tertiary/aromatic N) is 5. The summed E-state index contributed by atoms with van der Waals surface area (Å²) in [5.74, 6) is 0.606. The second-order valence-electron chi connectivity index (χ2n) is 9.87. The first kappa shape index (κ1) is 27.7. The van der Waals surface area contributed by atoms with Gasteiger partial charge in [0.15, 0.2) is 0 Å². The van der Waals surface area contributed by atoms with Crippen LogP contribution in [0.25, 0.3) is 6.08 Å². The van der Waals surface area contributed by atoms with Crippen molar-refractivity contribution >= 4 is 51.8 Å². The minimum absolute atomic E-state index is 0.117. The number of carbonyl (C=O) groups is 1. The second-order valence-corrected chi connectivity index (χ2v) is 11.5. The Bertz CT molecular complexity index is 1550. The largest absolute Gasteiger partial charge is 0.368 e. The van der Waals surface area contributed by atoms with Gasteiger partial charge in [0.05, 0.1) is 11.4 Å². The van der Waals surface area contributed by atoms with Crippen molar-refractivity contribution in [3.8, 4) is 6.07 Å². The number of benzene rings is 2. The van der Waals surface area contributed by atoms with Gasteiger partial charge in [-0.1, -0.05) is 79.4 Å². The number of carbonyl (C=O) groups excluding carboxylic acids is 1. The van der Waals surface area contributed by atoms with Gasteiger partial charge in [0.1, 0.15) is 21.8 Å². The van der Waals surface area contributed by atoms with Gasteiger partial charge in [-0.2, -0.15) is 5.26 Å². The first-order valence-electron chi connectivity index (χ1n) is 13.4. The zero-order chi connectivity index (χ0) is 28.2. The van der Waals surface area contributed by atoms with Crippen LogP contribution in [0.2, 0.25) is 0 Å². The molecule has 2 fully saturated rings. The summed E-state index contributed by atoms with van der Waals surface area (Å²) in [5.41, 5.74) is 3.33. The Hall–Kier alpha value is -3.87. The lowest BCUT2D eigenvalue weighted by atomic mass is 10.0. The molecule has 2 aromatic carbocycles. The van der Waals surface area contributed by atoms with E-state index in [1.54, 1.807) is 16.4 Å². The van der Waals surface area contributed by atoms with Crippen LogP contribution in [-0.4, -0.2) is 45.9 Å². The summed E-state index contributed by atoms with van der Waals surface area (Å²) in [6, 6.07) is 22.2. The number of pyridine rings is 1. The zero-order valence-corrected chi connectivity index (χ0v) is 24.3. The van der Waals surface area contributed by atoms with Gasteiger partial charge in [-0.05, 0) is 42.7 Å². The summed E-state index contributed by atoms with van der Waals surface area (Å²) in [6.45, 7) is 7.70. The summed E-state index contributed by atoms with van der Waals surface area (Å²) >= 11 is 6.87. The average molecular weight is 570 g/mol. The molecule has 0 radical (unpaired) electrons. The molecule has 0 aliphatic carbocycles. The maximum atomic E-state index is 13.6. The molecule has 9 heteroatoms. The Morgan fingerprint density at radius 1 is 0.975 bits per heavy atom. The number of hydrogen-bond acceptors (Lipinski definition) is 7. The van der Waals surface area contributed by atoms with Gasteiger partial charge >= 0.3 is 0 Å². The van der Waals surface area contributed by atoms with Crippen molar-refractivity contribution < 1.29 is 4.79 Å². The van der Waals surface area contributed by atoms with E-state index >= 15 is 0 Å². The van der Waals surface area contributed by atoms with Crippen LogP contribution in [0.15, 0.2) is 70.4 Å². The molecule has 5 rings (SSSR count). The normalized spacial score (nSPS) is 16.6. The molecule has 204 valence electrons. The van der Waals surface area contributed by atoms with E-state index in [1.165, 1.54) is 17.4 Å². The van der Waals surface area contributed by atoms with Crippen molar-refractivity contribution in [1.82, 2.24) is 9.47 Å². The molecule has 40 heavy (non-hydrogen) atoms. The van der Waals surface area contributed by atoms with Crippen LogP contribution in [0.1, 0.15) is 35.6 Å². The standard InChI is InChI=1S/C31H31N5O2S2/c1-3-14-35-28(34-17-15-33(16-18-34)24-12-8-5-9-13-24)25(22(2)26(20-32)29(35)37)19-27-30(38)36(31(39)40-27)21-23-10-6-4-7-11-23/h4-13,19H,3,14-18,21H2,1-2H3/b27-19-. The highest BCUT2D eigenvalue weighted by Gasteiger charge is 2.33. The van der Waals surface area contributed by atoms with Gasteiger partial charge in [-0.25, -0.2) is 0 Å². The van der Waals surface area contributed by atoms with E-state index in [9.17, 15) is 14.9 Å². The predicted molar refractivity (Wildman–Crippen MR) is 166 cm³/mol. The predicted octanol–water partition coefficient (Wildman–Crippen LogP) is 5.17. The van der Waals surface area contributed by atoms with Gasteiger partial charge in [-0.15, -0.1) is 0 Å². The van der Waals surface area contributed by atoms with Crippen molar-refractivity contribution in [2.45, 2.75) is 33.4 Å². The van der Waals surface area contributed by atoms with Crippen molar-refractivity contribution in [3.05, 3.63) is 98.2 Å². The van der Waals surface area contributed by atoms with Crippen LogP contribution in [0.4, 0.5) is 11.5 Å². The fraction of sp³-hybridized carbons (Fsp3) is 0.290. The molecule has 0 saturated carbocycles. The Kier molecular flexibility index (Phi) is 8.38. The summed E-state index contributed by atoms with van der Waals surface area (Å²) in [7, 11) is 0. The molecule has 1 aromatic heterocycles. The lowest BCUT2D eigenvalue weighted by Crippen LogP contribution is -2.48. The molecule has 0 atom stereocenters. The van der Waals surface area contributed by atoms with Gasteiger partial charge in [0.2, 0.25) is 0 Å². The number of thioether (sulfide) groups is 1. The number of piperazine rings is 1. The Balaban J connectivity index is 1.54. The van der Waals surface area contributed by atoms with E-state index in [0.717, 1.165) is 36.5 Å². The molecule has 1 amide bonds. The number of thiocarbonyl (C=S) groups is 1. The van der Waals surface area contributed by atoms with Gasteiger partial charge < -0.3 is 9.80 Å². The zero-order valence-electron chi connectivity index (χ0n) is 22.7. The van der Waals surface area contributed by atoms with Crippen LogP contribution in [0.5, 0.6) is 0 Å². The Labute approximate surface area is 244 Å². The Morgan fingerprint density at radius 3 is 2.23 bits per heavy atom. The van der Waals surface area contributed by atoms with E-state index < -0.39 is 0 Å². The van der Waals surface area contributed by atoms with Crippen LogP contribution < -0.4 is 15.4 Å². The second kappa shape index (κ2) is 12.1. The van der Waals surface area contributed by atoms with E-state index in [-0.39, 0.29) is 17.0 Å². The average Bonchev–Trinajstić information content (AvgIpc) is 3.24. The van der Waals surface area contributed by atoms with Crippen molar-refractivity contribution in [1.29, 1.82) is 5.26 Å². The van der Waals surface area contributed by atoms with E-state index in [0.29, 0.717) is 41.0 Å². The highest BCUT2D eigenvalue weighted by Crippen LogP contribution is 2.37. The molecular weight excluding hydrogens is 539 g/mol. The number of aromatic nitrogens is 1. The molecule has 7 nitrogen and oxygen atoms in total. The molecule has 3 aromatic rings. The fourth-order valence-electron chi connectivity index (χ4n) is 5.26. The number of rotatable bonds is 7. The fourth-order valence-corrected chi connectivity index (χ4v) is 6.50. The highest BCUT2D eigenvalue weighted by atomic mass is 32.2. The van der Waals surface area contributed by atoms with E-state index in [1.807, 2.05) is 61.5 Å². The molecule has 0 unspecified atom stereocenters. The number of para-hydroxylation sites is 1. The highest BCUT2D eigenvalue weighted by molar-refractivity contribution is 8.26. The molecule has 2 saturated heterocycles. The Morgan fingerprint density at radius 2 is 1.60 bits per heavy atom. The smallest absolute Gasteiger partial charge is 0.270 e.